The lowest BCUT2D eigenvalue weighted by molar-refractivity contribution is 0.0689. The Morgan fingerprint density at radius 2 is 1.88 bits per heavy atom. The van der Waals surface area contributed by atoms with Crippen molar-refractivity contribution in [3.8, 4) is 0 Å². The predicted octanol–water partition coefficient (Wildman–Crippen LogP) is 1.98. The van der Waals surface area contributed by atoms with Gasteiger partial charge in [-0.1, -0.05) is 12.1 Å². The van der Waals surface area contributed by atoms with Gasteiger partial charge in [0.25, 0.3) is 0 Å². The molecule has 3 aromatic rings. The summed E-state index contributed by atoms with van der Waals surface area (Å²) in [5, 5.41) is 13.8. The molecule has 1 amide bonds. The van der Waals surface area contributed by atoms with Crippen LogP contribution in [0.3, 0.4) is 0 Å². The van der Waals surface area contributed by atoms with Crippen LogP contribution in [0.25, 0.3) is 10.2 Å². The van der Waals surface area contributed by atoms with Gasteiger partial charge in [0.1, 0.15) is 5.01 Å². The average Bonchev–Trinajstić information content (AvgIpc) is 3.28. The van der Waals surface area contributed by atoms with Crippen LogP contribution in [-0.2, 0) is 6.54 Å². The molecule has 1 N–H and O–H groups in total. The minimum atomic E-state index is -1.14. The molecule has 1 aliphatic rings. The van der Waals surface area contributed by atoms with Crippen LogP contribution in [0.4, 0.5) is 4.79 Å². The van der Waals surface area contributed by atoms with E-state index >= 15 is 0 Å². The highest BCUT2D eigenvalue weighted by molar-refractivity contribution is 7.18. The molecule has 8 nitrogen and oxygen atoms in total. The monoisotopic (exact) mass is 371 g/mol. The van der Waals surface area contributed by atoms with Crippen molar-refractivity contribution in [2.24, 2.45) is 0 Å². The maximum atomic E-state index is 12.4. The third-order valence-corrected chi connectivity index (χ3v) is 5.37. The second-order valence-electron chi connectivity index (χ2n) is 6.07. The predicted molar refractivity (Wildman–Crippen MR) is 96.5 cm³/mol. The molecule has 2 aromatic heterocycles. The van der Waals surface area contributed by atoms with E-state index in [0.717, 1.165) is 34.8 Å². The van der Waals surface area contributed by atoms with Crippen LogP contribution in [0.2, 0.25) is 0 Å². The number of benzene rings is 1. The Labute approximate surface area is 153 Å². The number of carboxylic acid groups (broad SMARTS) is 1. The number of hydrogen-bond donors (Lipinski definition) is 1. The van der Waals surface area contributed by atoms with E-state index in [1.54, 1.807) is 16.2 Å². The Kier molecular flexibility index (Phi) is 4.39. The van der Waals surface area contributed by atoms with E-state index < -0.39 is 5.97 Å². The molecule has 4 rings (SSSR count). The topological polar surface area (TPSA) is 91.6 Å². The molecule has 0 radical (unpaired) electrons. The van der Waals surface area contributed by atoms with Crippen LogP contribution in [0.15, 0.2) is 36.5 Å². The van der Waals surface area contributed by atoms with Gasteiger partial charge in [-0.05, 0) is 18.2 Å². The minimum Gasteiger partial charge on any atom is -0.476 e. The van der Waals surface area contributed by atoms with Crippen molar-refractivity contribution < 1.29 is 14.7 Å². The molecule has 0 unspecified atom stereocenters. The Balaban J connectivity index is 1.35. The van der Waals surface area contributed by atoms with E-state index in [0.29, 0.717) is 13.1 Å². The molecular formula is C17H17N5O3S. The minimum absolute atomic E-state index is 0.132. The first-order valence-electron chi connectivity index (χ1n) is 8.25. The molecule has 0 spiro atoms. The number of para-hydroxylation sites is 1. The number of aromatic carboxylic acids is 1. The molecule has 0 saturated carbocycles. The Morgan fingerprint density at radius 3 is 2.58 bits per heavy atom. The summed E-state index contributed by atoms with van der Waals surface area (Å²) in [5.41, 5.74) is 0.891. The Bertz CT molecular complexity index is 925. The van der Waals surface area contributed by atoms with Gasteiger partial charge in [-0.2, -0.15) is 9.78 Å². The van der Waals surface area contributed by atoms with Gasteiger partial charge in [-0.25, -0.2) is 14.6 Å². The molecule has 0 atom stereocenters. The Hall–Kier alpha value is -2.78. The number of rotatable bonds is 3. The largest absolute Gasteiger partial charge is 0.476 e. The number of carbonyl (C=O) groups excluding carboxylic acids is 1. The number of carboxylic acids is 1. The summed E-state index contributed by atoms with van der Waals surface area (Å²) < 4.78 is 2.27. The first-order valence-corrected chi connectivity index (χ1v) is 9.07. The van der Waals surface area contributed by atoms with Crippen molar-refractivity contribution in [2.45, 2.75) is 6.54 Å². The molecule has 3 heterocycles. The van der Waals surface area contributed by atoms with Gasteiger partial charge >= 0.3 is 12.0 Å². The first-order chi connectivity index (χ1) is 12.6. The molecular weight excluding hydrogens is 354 g/mol. The number of aromatic nitrogens is 3. The fourth-order valence-corrected chi connectivity index (χ4v) is 3.98. The van der Waals surface area contributed by atoms with Crippen LogP contribution in [0.5, 0.6) is 0 Å². The van der Waals surface area contributed by atoms with Crippen LogP contribution in [0.1, 0.15) is 15.5 Å². The van der Waals surface area contributed by atoms with Crippen molar-refractivity contribution in [1.82, 2.24) is 24.6 Å². The smallest absolute Gasteiger partial charge is 0.356 e. The van der Waals surface area contributed by atoms with Crippen LogP contribution >= 0.6 is 11.3 Å². The highest BCUT2D eigenvalue weighted by atomic mass is 32.1. The van der Waals surface area contributed by atoms with Crippen molar-refractivity contribution in [3.05, 3.63) is 47.2 Å². The number of thiazole rings is 1. The number of hydrogen-bond acceptors (Lipinski definition) is 6. The summed E-state index contributed by atoms with van der Waals surface area (Å²) in [6.45, 7) is 3.41. The summed E-state index contributed by atoms with van der Waals surface area (Å²) >= 11 is 1.70. The van der Waals surface area contributed by atoms with Crippen molar-refractivity contribution in [2.75, 3.05) is 26.2 Å². The second-order valence-corrected chi connectivity index (χ2v) is 7.19. The van der Waals surface area contributed by atoms with E-state index in [4.69, 9.17) is 5.11 Å². The van der Waals surface area contributed by atoms with Crippen molar-refractivity contribution in [1.29, 1.82) is 0 Å². The fourth-order valence-electron chi connectivity index (χ4n) is 2.97. The lowest BCUT2D eigenvalue weighted by Gasteiger charge is -2.33. The van der Waals surface area contributed by atoms with Gasteiger partial charge in [0.15, 0.2) is 5.69 Å². The van der Waals surface area contributed by atoms with Crippen molar-refractivity contribution in [3.63, 3.8) is 0 Å². The van der Waals surface area contributed by atoms with Gasteiger partial charge in [-0.3, -0.25) is 4.90 Å². The van der Waals surface area contributed by atoms with Gasteiger partial charge < -0.3 is 10.0 Å². The number of carbonyl (C=O) groups is 2. The average molecular weight is 371 g/mol. The molecule has 9 heteroatoms. The summed E-state index contributed by atoms with van der Waals surface area (Å²) in [4.78, 5) is 31.9. The van der Waals surface area contributed by atoms with Crippen LogP contribution in [0, 0.1) is 0 Å². The van der Waals surface area contributed by atoms with E-state index in [2.05, 4.69) is 21.0 Å². The summed E-state index contributed by atoms with van der Waals surface area (Å²) in [6.07, 6.45) is 1.39. The fraction of sp³-hybridized carbons (Fsp3) is 0.294. The SMILES string of the molecule is O=C(O)c1ccn(C(=O)N2CCN(Cc3nc4ccccc4s3)CC2)n1. The molecule has 0 bridgehead atoms. The van der Waals surface area contributed by atoms with Gasteiger partial charge in [0, 0.05) is 32.4 Å². The zero-order valence-electron chi connectivity index (χ0n) is 13.9. The standard InChI is InChI=1S/C17H17N5O3S/c23-16(24)13-5-6-22(19-13)17(25)21-9-7-20(8-10-21)11-15-18-12-3-1-2-4-14(12)26-15/h1-6H,7-11H2,(H,23,24). The molecule has 134 valence electrons. The maximum absolute atomic E-state index is 12.4. The number of nitrogens with zero attached hydrogens (tertiary/aromatic N) is 5. The number of fused-ring (bicyclic) bond motifs is 1. The van der Waals surface area contributed by atoms with Crippen LogP contribution < -0.4 is 0 Å². The number of piperazine rings is 1. The summed E-state index contributed by atoms with van der Waals surface area (Å²) in [5.74, 6) is -1.14. The molecule has 0 aliphatic carbocycles. The first kappa shape index (κ1) is 16.7. The lowest BCUT2D eigenvalue weighted by Crippen LogP contribution is -2.49. The molecule has 1 aliphatic heterocycles. The van der Waals surface area contributed by atoms with E-state index in [-0.39, 0.29) is 11.7 Å². The molecule has 1 aromatic carbocycles. The van der Waals surface area contributed by atoms with Gasteiger partial charge in [0.05, 0.1) is 16.8 Å². The summed E-state index contributed by atoms with van der Waals surface area (Å²) in [7, 11) is 0. The third-order valence-electron chi connectivity index (χ3n) is 4.34. The van der Waals surface area contributed by atoms with Gasteiger partial charge in [0.2, 0.25) is 0 Å². The lowest BCUT2D eigenvalue weighted by atomic mass is 10.3. The highest BCUT2D eigenvalue weighted by Gasteiger charge is 2.24. The quantitative estimate of drug-likeness (QED) is 0.757. The zero-order valence-corrected chi connectivity index (χ0v) is 14.7. The Morgan fingerprint density at radius 1 is 1.12 bits per heavy atom. The zero-order chi connectivity index (χ0) is 18.1. The van der Waals surface area contributed by atoms with E-state index in [1.807, 2.05) is 18.2 Å². The van der Waals surface area contributed by atoms with Crippen LogP contribution in [-0.4, -0.2) is 67.9 Å². The molecule has 26 heavy (non-hydrogen) atoms. The van der Waals surface area contributed by atoms with Gasteiger partial charge in [-0.15, -0.1) is 11.3 Å². The van der Waals surface area contributed by atoms with E-state index in [9.17, 15) is 9.59 Å². The van der Waals surface area contributed by atoms with Crippen molar-refractivity contribution >= 4 is 33.6 Å². The summed E-state index contributed by atoms with van der Waals surface area (Å²) in [6, 6.07) is 9.12. The van der Waals surface area contributed by atoms with E-state index in [1.165, 1.54) is 17.0 Å². The second kappa shape index (κ2) is 6.85. The highest BCUT2D eigenvalue weighted by Crippen LogP contribution is 2.23. The normalized spacial score (nSPS) is 15.5. The maximum Gasteiger partial charge on any atom is 0.356 e. The number of amides is 1. The molecule has 1 fully saturated rings. The molecule has 1 saturated heterocycles. The third kappa shape index (κ3) is 3.31.